The monoisotopic (exact) mass is 429 g/mol. The van der Waals surface area contributed by atoms with Crippen molar-refractivity contribution < 1.29 is 4.79 Å². The molecular weight excluding hydrogens is 410 g/mol. The highest BCUT2D eigenvalue weighted by atomic mass is 35.5. The minimum Gasteiger partial charge on any atom is -0.307 e. The van der Waals surface area contributed by atoms with Crippen LogP contribution in [0.3, 0.4) is 0 Å². The maximum Gasteiger partial charge on any atom is 0.256 e. The molecule has 1 saturated heterocycles. The van der Waals surface area contributed by atoms with Crippen molar-refractivity contribution >= 4 is 46.8 Å². The number of nitrogens with one attached hydrogen (secondary N) is 1. The average molecular weight is 430 g/mol. The molecule has 4 rings (SSSR count). The van der Waals surface area contributed by atoms with Crippen molar-refractivity contribution in [3.63, 3.8) is 0 Å². The molecule has 1 N–H and O–H groups in total. The van der Waals surface area contributed by atoms with Gasteiger partial charge in [0.25, 0.3) is 5.91 Å². The molecule has 0 bridgehead atoms. The van der Waals surface area contributed by atoms with E-state index < -0.39 is 0 Å². The third-order valence-electron chi connectivity index (χ3n) is 4.51. The fourth-order valence-corrected chi connectivity index (χ4v) is 6.10. The Labute approximate surface area is 178 Å². The van der Waals surface area contributed by atoms with Gasteiger partial charge in [0.05, 0.1) is 17.3 Å². The van der Waals surface area contributed by atoms with Crippen LogP contribution in [0.15, 0.2) is 60.8 Å². The smallest absolute Gasteiger partial charge is 0.256 e. The van der Waals surface area contributed by atoms with Gasteiger partial charge < -0.3 is 5.32 Å². The van der Waals surface area contributed by atoms with E-state index in [0.717, 1.165) is 5.56 Å². The van der Waals surface area contributed by atoms with Crippen LogP contribution >= 0.6 is 35.1 Å². The molecule has 4 nitrogen and oxygen atoms in total. The van der Waals surface area contributed by atoms with Crippen molar-refractivity contribution in [1.29, 1.82) is 0 Å². The molecule has 2 aromatic carbocycles. The Morgan fingerprint density at radius 2 is 1.86 bits per heavy atom. The Hall–Kier alpha value is -1.89. The minimum atomic E-state index is -0.142. The Morgan fingerprint density at radius 3 is 2.61 bits per heavy atom. The molecule has 2 heterocycles. The zero-order valence-corrected chi connectivity index (χ0v) is 17.6. The normalized spacial score (nSPS) is 14.8. The lowest BCUT2D eigenvalue weighted by Gasteiger charge is -2.21. The number of hydrogen-bond donors (Lipinski definition) is 1. The summed E-state index contributed by atoms with van der Waals surface area (Å²) in [6.07, 6.45) is 2.95. The number of carbonyl (C=O) groups excluding carboxylic acids is 1. The van der Waals surface area contributed by atoms with Gasteiger partial charge in [0.15, 0.2) is 0 Å². The summed E-state index contributed by atoms with van der Waals surface area (Å²) in [6, 6.07) is 17.3. The van der Waals surface area contributed by atoms with Gasteiger partial charge in [-0.25, -0.2) is 4.68 Å². The van der Waals surface area contributed by atoms with Gasteiger partial charge in [0.1, 0.15) is 5.82 Å². The zero-order valence-electron chi connectivity index (χ0n) is 15.2. The van der Waals surface area contributed by atoms with E-state index in [0.29, 0.717) is 27.5 Å². The number of carbonyl (C=O) groups is 1. The fourth-order valence-electron chi connectivity index (χ4n) is 3.01. The van der Waals surface area contributed by atoms with Gasteiger partial charge in [-0.05, 0) is 47.3 Å². The molecule has 0 saturated carbocycles. The molecule has 1 aromatic heterocycles. The van der Waals surface area contributed by atoms with Gasteiger partial charge in [-0.15, -0.1) is 23.5 Å². The van der Waals surface area contributed by atoms with E-state index in [1.54, 1.807) is 16.9 Å². The first kappa shape index (κ1) is 19.4. The summed E-state index contributed by atoms with van der Waals surface area (Å²) >= 11 is 10.2. The number of benzene rings is 2. The standard InChI is InChI=1S/C21H20ClN3OS2/c22-18-5-2-1-4-17(18)14-25-19(10-11-23-25)24-20(26)15-6-8-16(9-7-15)21-27-12-3-13-28-21/h1-2,4-11,21H,3,12-14H2,(H,24,26). The van der Waals surface area contributed by atoms with Crippen molar-refractivity contribution in [3.05, 3.63) is 82.5 Å². The lowest BCUT2D eigenvalue weighted by atomic mass is 10.1. The SMILES string of the molecule is O=C(Nc1ccnn1Cc1ccccc1Cl)c1ccc(C2SCCCS2)cc1. The van der Waals surface area contributed by atoms with Crippen LogP contribution in [0.2, 0.25) is 5.02 Å². The molecule has 0 atom stereocenters. The zero-order chi connectivity index (χ0) is 19.3. The molecule has 1 fully saturated rings. The lowest BCUT2D eigenvalue weighted by Crippen LogP contribution is -2.16. The van der Waals surface area contributed by atoms with Gasteiger partial charge in [-0.3, -0.25) is 4.79 Å². The number of halogens is 1. The van der Waals surface area contributed by atoms with Crippen LogP contribution in [0.1, 0.15) is 32.5 Å². The number of aromatic nitrogens is 2. The Bertz CT molecular complexity index is 952. The summed E-state index contributed by atoms with van der Waals surface area (Å²) in [6.45, 7) is 0.497. The first-order valence-electron chi connectivity index (χ1n) is 9.10. The molecular formula is C21H20ClN3OS2. The topological polar surface area (TPSA) is 46.9 Å². The number of rotatable bonds is 5. The number of anilines is 1. The minimum absolute atomic E-state index is 0.142. The second kappa shape index (κ2) is 9.07. The van der Waals surface area contributed by atoms with Crippen LogP contribution in [-0.4, -0.2) is 27.2 Å². The van der Waals surface area contributed by atoms with Crippen LogP contribution < -0.4 is 5.32 Å². The quantitative estimate of drug-likeness (QED) is 0.564. The molecule has 3 aromatic rings. The number of hydrogen-bond acceptors (Lipinski definition) is 4. The number of nitrogens with zero attached hydrogens (tertiary/aromatic N) is 2. The van der Waals surface area contributed by atoms with Gasteiger partial charge in [-0.2, -0.15) is 5.10 Å². The van der Waals surface area contributed by atoms with Crippen molar-refractivity contribution in [2.24, 2.45) is 0 Å². The molecule has 0 radical (unpaired) electrons. The molecule has 0 aliphatic carbocycles. The van der Waals surface area contributed by atoms with E-state index >= 15 is 0 Å². The maximum atomic E-state index is 12.7. The molecule has 0 spiro atoms. The predicted octanol–water partition coefficient (Wildman–Crippen LogP) is 5.71. The van der Waals surface area contributed by atoms with E-state index in [-0.39, 0.29) is 5.91 Å². The Morgan fingerprint density at radius 1 is 1.11 bits per heavy atom. The van der Waals surface area contributed by atoms with Crippen LogP contribution in [0.25, 0.3) is 0 Å². The van der Waals surface area contributed by atoms with E-state index in [4.69, 9.17) is 11.6 Å². The van der Waals surface area contributed by atoms with E-state index in [9.17, 15) is 4.79 Å². The highest BCUT2D eigenvalue weighted by Crippen LogP contribution is 2.43. The van der Waals surface area contributed by atoms with Crippen LogP contribution in [0.4, 0.5) is 5.82 Å². The third kappa shape index (κ3) is 4.57. The maximum absolute atomic E-state index is 12.7. The van der Waals surface area contributed by atoms with Gasteiger partial charge >= 0.3 is 0 Å². The summed E-state index contributed by atoms with van der Waals surface area (Å²) in [5.41, 5.74) is 2.87. The lowest BCUT2D eigenvalue weighted by molar-refractivity contribution is 0.102. The average Bonchev–Trinajstić information content (AvgIpc) is 3.17. The fraction of sp³-hybridized carbons (Fsp3) is 0.238. The molecule has 0 unspecified atom stereocenters. The van der Waals surface area contributed by atoms with Crippen LogP contribution in [0, 0.1) is 0 Å². The molecule has 28 heavy (non-hydrogen) atoms. The van der Waals surface area contributed by atoms with Crippen molar-refractivity contribution in [1.82, 2.24) is 9.78 Å². The third-order valence-corrected chi connectivity index (χ3v) is 7.89. The molecule has 1 aliphatic rings. The summed E-state index contributed by atoms with van der Waals surface area (Å²) in [5, 5.41) is 7.95. The van der Waals surface area contributed by atoms with Crippen molar-refractivity contribution in [3.8, 4) is 0 Å². The molecule has 1 amide bonds. The van der Waals surface area contributed by atoms with Crippen molar-refractivity contribution in [2.75, 3.05) is 16.8 Å². The molecule has 7 heteroatoms. The first-order chi connectivity index (χ1) is 13.7. The summed E-state index contributed by atoms with van der Waals surface area (Å²) in [5.74, 6) is 2.91. The largest absolute Gasteiger partial charge is 0.307 e. The summed E-state index contributed by atoms with van der Waals surface area (Å²) < 4.78 is 2.21. The van der Waals surface area contributed by atoms with E-state index in [1.165, 1.54) is 23.5 Å². The number of thioether (sulfide) groups is 2. The van der Waals surface area contributed by atoms with Gasteiger partial charge in [-0.1, -0.05) is 41.9 Å². The highest BCUT2D eigenvalue weighted by molar-refractivity contribution is 8.16. The molecule has 144 valence electrons. The second-order valence-corrected chi connectivity index (χ2v) is 9.60. The van der Waals surface area contributed by atoms with Crippen LogP contribution in [0.5, 0.6) is 0 Å². The Kier molecular flexibility index (Phi) is 6.29. The van der Waals surface area contributed by atoms with E-state index in [1.807, 2.05) is 59.9 Å². The number of amides is 1. The predicted molar refractivity (Wildman–Crippen MR) is 119 cm³/mol. The second-order valence-electron chi connectivity index (χ2n) is 6.47. The van der Waals surface area contributed by atoms with Crippen LogP contribution in [-0.2, 0) is 6.54 Å². The molecule has 1 aliphatic heterocycles. The Balaban J connectivity index is 1.44. The highest BCUT2D eigenvalue weighted by Gasteiger charge is 2.17. The summed E-state index contributed by atoms with van der Waals surface area (Å²) in [4.78, 5) is 12.7. The van der Waals surface area contributed by atoms with Gasteiger partial charge in [0.2, 0.25) is 0 Å². The van der Waals surface area contributed by atoms with Gasteiger partial charge in [0, 0.05) is 16.7 Å². The van der Waals surface area contributed by atoms with E-state index in [2.05, 4.69) is 22.5 Å². The summed E-state index contributed by atoms with van der Waals surface area (Å²) in [7, 11) is 0. The van der Waals surface area contributed by atoms with Crippen molar-refractivity contribution in [2.45, 2.75) is 17.5 Å². The first-order valence-corrected chi connectivity index (χ1v) is 11.6.